The van der Waals surface area contributed by atoms with Gasteiger partial charge in [0.05, 0.1) is 11.4 Å². The quantitative estimate of drug-likeness (QED) is 0.686. The van der Waals surface area contributed by atoms with Crippen LogP contribution in [0.1, 0.15) is 45.7 Å². The molecule has 6 nitrogen and oxygen atoms in total. The van der Waals surface area contributed by atoms with E-state index in [2.05, 4.69) is 10.4 Å². The number of nitrogens with one attached hydrogen (secondary N) is 1. The smallest absolute Gasteiger partial charge is 0.251 e. The molecular formula is C24H26N4O2. The lowest BCUT2D eigenvalue weighted by Crippen LogP contribution is -2.25. The first-order valence-electron chi connectivity index (χ1n) is 10.3. The van der Waals surface area contributed by atoms with Gasteiger partial charge >= 0.3 is 0 Å². The molecule has 1 N–H and O–H groups in total. The molecule has 0 saturated carbocycles. The predicted octanol–water partition coefficient (Wildman–Crippen LogP) is 3.54. The van der Waals surface area contributed by atoms with Crippen LogP contribution < -0.4 is 5.32 Å². The summed E-state index contributed by atoms with van der Waals surface area (Å²) in [5.74, 6) is 0.0575. The topological polar surface area (TPSA) is 67.2 Å². The van der Waals surface area contributed by atoms with Crippen molar-refractivity contribution < 1.29 is 9.59 Å². The van der Waals surface area contributed by atoms with E-state index in [-0.39, 0.29) is 11.8 Å². The summed E-state index contributed by atoms with van der Waals surface area (Å²) in [6.07, 6.45) is 1.53. The number of benzene rings is 2. The normalized spacial score (nSPS) is 13.7. The second kappa shape index (κ2) is 8.53. The van der Waals surface area contributed by atoms with E-state index in [1.165, 1.54) is 0 Å². The Hall–Kier alpha value is -3.41. The third kappa shape index (κ3) is 4.13. The molecular weight excluding hydrogens is 376 g/mol. The van der Waals surface area contributed by atoms with E-state index in [1.807, 2.05) is 72.0 Å². The molecule has 1 aromatic heterocycles. The fourth-order valence-corrected chi connectivity index (χ4v) is 3.92. The van der Waals surface area contributed by atoms with Crippen LogP contribution in [0.5, 0.6) is 0 Å². The maximum absolute atomic E-state index is 12.8. The number of nitrogens with zero attached hydrogens (tertiary/aromatic N) is 3. The van der Waals surface area contributed by atoms with Crippen LogP contribution in [0.4, 0.5) is 0 Å². The molecule has 2 aromatic carbocycles. The van der Waals surface area contributed by atoms with E-state index < -0.39 is 0 Å². The van der Waals surface area contributed by atoms with E-state index in [0.717, 1.165) is 41.2 Å². The molecule has 0 atom stereocenters. The summed E-state index contributed by atoms with van der Waals surface area (Å²) in [7, 11) is 0. The summed E-state index contributed by atoms with van der Waals surface area (Å²) in [6, 6.07) is 17.5. The van der Waals surface area contributed by atoms with Crippen molar-refractivity contribution in [3.63, 3.8) is 0 Å². The number of hydrogen-bond donors (Lipinski definition) is 1. The van der Waals surface area contributed by atoms with Crippen molar-refractivity contribution in [1.29, 1.82) is 0 Å². The van der Waals surface area contributed by atoms with Crippen molar-refractivity contribution in [3.8, 4) is 5.69 Å². The average molecular weight is 402 g/mol. The average Bonchev–Trinajstić information content (AvgIpc) is 3.29. The zero-order valence-corrected chi connectivity index (χ0v) is 17.4. The molecule has 0 unspecified atom stereocenters. The number of carbonyl (C=O) groups excluding carboxylic acids is 2. The van der Waals surface area contributed by atoms with Gasteiger partial charge in [-0.15, -0.1) is 0 Å². The lowest BCUT2D eigenvalue weighted by atomic mass is 10.1. The Morgan fingerprint density at radius 1 is 1.10 bits per heavy atom. The minimum Gasteiger partial charge on any atom is -0.348 e. The number of aromatic nitrogens is 2. The van der Waals surface area contributed by atoms with Crippen molar-refractivity contribution in [1.82, 2.24) is 20.0 Å². The van der Waals surface area contributed by atoms with Gasteiger partial charge < -0.3 is 10.2 Å². The third-order valence-corrected chi connectivity index (χ3v) is 5.60. The highest BCUT2D eigenvalue weighted by atomic mass is 16.2. The molecule has 30 heavy (non-hydrogen) atoms. The van der Waals surface area contributed by atoms with Crippen LogP contribution in [0.25, 0.3) is 5.69 Å². The summed E-state index contributed by atoms with van der Waals surface area (Å²) < 4.78 is 1.91. The minimum absolute atomic E-state index is 0.129. The second-order valence-electron chi connectivity index (χ2n) is 7.70. The number of rotatable bonds is 6. The van der Waals surface area contributed by atoms with Crippen molar-refractivity contribution in [2.45, 2.75) is 39.8 Å². The first kappa shape index (κ1) is 19.9. The van der Waals surface area contributed by atoms with Crippen molar-refractivity contribution in [2.75, 3.05) is 6.54 Å². The Labute approximate surface area is 176 Å². The summed E-state index contributed by atoms with van der Waals surface area (Å²) in [6.45, 7) is 5.74. The molecule has 1 saturated heterocycles. The van der Waals surface area contributed by atoms with Gasteiger partial charge in [0.25, 0.3) is 5.91 Å². The summed E-state index contributed by atoms with van der Waals surface area (Å²) in [5, 5.41) is 7.66. The van der Waals surface area contributed by atoms with Crippen LogP contribution in [0, 0.1) is 13.8 Å². The fraction of sp³-hybridized carbons (Fsp3) is 0.292. The van der Waals surface area contributed by atoms with Gasteiger partial charge in [0.2, 0.25) is 5.91 Å². The SMILES string of the molecule is Cc1nn(-c2ccccc2)c(C)c1CNC(=O)c1cccc(CN2CCCC2=O)c1. The highest BCUT2D eigenvalue weighted by molar-refractivity contribution is 5.94. The molecule has 0 spiro atoms. The molecule has 3 aromatic rings. The van der Waals surface area contributed by atoms with E-state index in [0.29, 0.717) is 25.1 Å². The molecule has 0 radical (unpaired) electrons. The molecule has 2 amide bonds. The first-order chi connectivity index (χ1) is 14.5. The number of carbonyl (C=O) groups is 2. The van der Waals surface area contributed by atoms with Gasteiger partial charge in [0, 0.05) is 42.9 Å². The van der Waals surface area contributed by atoms with E-state index in [4.69, 9.17) is 0 Å². The molecule has 1 fully saturated rings. The Balaban J connectivity index is 1.45. The summed E-state index contributed by atoms with van der Waals surface area (Å²) >= 11 is 0. The summed E-state index contributed by atoms with van der Waals surface area (Å²) in [4.78, 5) is 26.5. The predicted molar refractivity (Wildman–Crippen MR) is 115 cm³/mol. The van der Waals surface area contributed by atoms with Gasteiger partial charge in [0.1, 0.15) is 0 Å². The molecule has 0 bridgehead atoms. The third-order valence-electron chi connectivity index (χ3n) is 5.60. The van der Waals surface area contributed by atoms with Gasteiger partial charge in [0.15, 0.2) is 0 Å². The maximum Gasteiger partial charge on any atom is 0.251 e. The van der Waals surface area contributed by atoms with E-state index in [1.54, 1.807) is 6.07 Å². The minimum atomic E-state index is -0.129. The molecule has 1 aliphatic rings. The van der Waals surface area contributed by atoms with Crippen LogP contribution in [0.15, 0.2) is 54.6 Å². The highest BCUT2D eigenvalue weighted by Crippen LogP contribution is 2.18. The van der Waals surface area contributed by atoms with Crippen LogP contribution >= 0.6 is 0 Å². The molecule has 154 valence electrons. The standard InChI is InChI=1S/C24H26N4O2/c1-17-22(18(2)28(26-17)21-10-4-3-5-11-21)15-25-24(30)20-9-6-8-19(14-20)16-27-13-7-12-23(27)29/h3-6,8-11,14H,7,12-13,15-16H2,1-2H3,(H,25,30). The Morgan fingerprint density at radius 3 is 2.63 bits per heavy atom. The number of amides is 2. The van der Waals surface area contributed by atoms with Gasteiger partial charge in [-0.25, -0.2) is 4.68 Å². The van der Waals surface area contributed by atoms with Crippen molar-refractivity contribution in [2.24, 2.45) is 0 Å². The molecule has 4 rings (SSSR count). The zero-order chi connectivity index (χ0) is 21.1. The van der Waals surface area contributed by atoms with Crippen LogP contribution in [-0.2, 0) is 17.9 Å². The van der Waals surface area contributed by atoms with Crippen LogP contribution in [0.3, 0.4) is 0 Å². The van der Waals surface area contributed by atoms with Crippen molar-refractivity contribution in [3.05, 3.63) is 82.7 Å². The second-order valence-corrected chi connectivity index (χ2v) is 7.70. The van der Waals surface area contributed by atoms with E-state index >= 15 is 0 Å². The molecule has 0 aliphatic carbocycles. The first-order valence-corrected chi connectivity index (χ1v) is 10.3. The fourth-order valence-electron chi connectivity index (χ4n) is 3.92. The monoisotopic (exact) mass is 402 g/mol. The number of likely N-dealkylation sites (tertiary alicyclic amines) is 1. The lowest BCUT2D eigenvalue weighted by molar-refractivity contribution is -0.128. The molecule has 1 aliphatic heterocycles. The number of aryl methyl sites for hydroxylation is 1. The number of para-hydroxylation sites is 1. The van der Waals surface area contributed by atoms with Crippen molar-refractivity contribution >= 4 is 11.8 Å². The van der Waals surface area contributed by atoms with Gasteiger partial charge in [-0.05, 0) is 50.1 Å². The van der Waals surface area contributed by atoms with Crippen LogP contribution in [-0.4, -0.2) is 33.0 Å². The molecule has 6 heteroatoms. The Morgan fingerprint density at radius 2 is 1.90 bits per heavy atom. The maximum atomic E-state index is 12.8. The highest BCUT2D eigenvalue weighted by Gasteiger charge is 2.20. The lowest BCUT2D eigenvalue weighted by Gasteiger charge is -2.16. The number of hydrogen-bond acceptors (Lipinski definition) is 3. The van der Waals surface area contributed by atoms with Gasteiger partial charge in [-0.3, -0.25) is 9.59 Å². The van der Waals surface area contributed by atoms with Gasteiger partial charge in [-0.1, -0.05) is 30.3 Å². The Kier molecular flexibility index (Phi) is 5.65. The van der Waals surface area contributed by atoms with Gasteiger partial charge in [-0.2, -0.15) is 5.10 Å². The van der Waals surface area contributed by atoms with E-state index in [9.17, 15) is 9.59 Å². The van der Waals surface area contributed by atoms with Crippen LogP contribution in [0.2, 0.25) is 0 Å². The zero-order valence-electron chi connectivity index (χ0n) is 17.4. The summed E-state index contributed by atoms with van der Waals surface area (Å²) in [5.41, 5.74) is 5.51. The largest absolute Gasteiger partial charge is 0.348 e. The molecule has 2 heterocycles. The Bertz CT molecular complexity index is 1070.